The van der Waals surface area contributed by atoms with Crippen molar-refractivity contribution in [2.75, 3.05) is 0 Å². The van der Waals surface area contributed by atoms with Crippen molar-refractivity contribution in [1.82, 2.24) is 9.97 Å². The van der Waals surface area contributed by atoms with Gasteiger partial charge < -0.3 is 0 Å². The largest absolute Gasteiger partial charge is 0.419 e. The minimum absolute atomic E-state index is 0.0961. The molecule has 0 aliphatic carbocycles. The van der Waals surface area contributed by atoms with Crippen molar-refractivity contribution in [1.29, 1.82) is 0 Å². The molecular weight excluding hydrogens is 257 g/mol. The molecule has 2 rings (SSSR count). The molecule has 98 valence electrons. The first kappa shape index (κ1) is 13.2. The van der Waals surface area contributed by atoms with E-state index in [0.29, 0.717) is 23.5 Å². The van der Waals surface area contributed by atoms with E-state index in [4.69, 9.17) is 0 Å². The molecule has 0 atom stereocenters. The summed E-state index contributed by atoms with van der Waals surface area (Å²) < 4.78 is 37.2. The Kier molecular flexibility index (Phi) is 3.33. The van der Waals surface area contributed by atoms with Crippen LogP contribution in [0.1, 0.15) is 22.8 Å². The van der Waals surface area contributed by atoms with E-state index in [2.05, 4.69) is 9.97 Å². The predicted octanol–water partition coefficient (Wildman–Crippen LogP) is 3.37. The number of carbonyl (C=O) groups excluding carboxylic acids is 1. The summed E-state index contributed by atoms with van der Waals surface area (Å²) in [6.07, 6.45) is -3.06. The van der Waals surface area contributed by atoms with Crippen molar-refractivity contribution in [2.24, 2.45) is 0 Å². The highest BCUT2D eigenvalue weighted by Crippen LogP contribution is 2.29. The standard InChI is InChI=1S/C13H9F3N2O/c1-8(19)10-4-2-3-5-11(10)12-17-6-9(7-18-12)13(14,15)16/h2-7H,1H3. The third kappa shape index (κ3) is 2.78. The van der Waals surface area contributed by atoms with Crippen LogP contribution in [0.3, 0.4) is 0 Å². The summed E-state index contributed by atoms with van der Waals surface area (Å²) in [5, 5.41) is 0. The lowest BCUT2D eigenvalue weighted by molar-refractivity contribution is -0.138. The molecule has 19 heavy (non-hydrogen) atoms. The van der Waals surface area contributed by atoms with Crippen molar-refractivity contribution < 1.29 is 18.0 Å². The smallest absolute Gasteiger partial charge is 0.294 e. The molecule has 0 amide bonds. The first-order valence-corrected chi connectivity index (χ1v) is 5.39. The van der Waals surface area contributed by atoms with Gasteiger partial charge in [-0.05, 0) is 6.92 Å². The van der Waals surface area contributed by atoms with Gasteiger partial charge >= 0.3 is 6.18 Å². The quantitative estimate of drug-likeness (QED) is 0.783. The topological polar surface area (TPSA) is 42.9 Å². The van der Waals surface area contributed by atoms with Crippen LogP contribution in [0.5, 0.6) is 0 Å². The Hall–Kier alpha value is -2.24. The summed E-state index contributed by atoms with van der Waals surface area (Å²) in [6.45, 7) is 1.38. The molecule has 1 heterocycles. The lowest BCUT2D eigenvalue weighted by atomic mass is 10.0. The fraction of sp³-hybridized carbons (Fsp3) is 0.154. The Morgan fingerprint density at radius 3 is 2.21 bits per heavy atom. The average Bonchev–Trinajstić information content (AvgIpc) is 2.38. The van der Waals surface area contributed by atoms with Crippen LogP contribution in [-0.2, 0) is 6.18 Å². The molecule has 3 nitrogen and oxygen atoms in total. The van der Waals surface area contributed by atoms with Crippen molar-refractivity contribution in [2.45, 2.75) is 13.1 Å². The number of halogens is 3. The van der Waals surface area contributed by atoms with Crippen molar-refractivity contribution in [3.63, 3.8) is 0 Å². The van der Waals surface area contributed by atoms with Gasteiger partial charge in [0.15, 0.2) is 11.6 Å². The molecule has 0 aliphatic heterocycles. The number of hydrogen-bond acceptors (Lipinski definition) is 3. The Morgan fingerprint density at radius 2 is 1.68 bits per heavy atom. The number of nitrogens with zero attached hydrogens (tertiary/aromatic N) is 2. The fourth-order valence-electron chi connectivity index (χ4n) is 1.60. The molecular formula is C13H9F3N2O. The zero-order valence-corrected chi connectivity index (χ0v) is 9.90. The Balaban J connectivity index is 2.46. The second kappa shape index (κ2) is 4.79. The molecule has 0 bridgehead atoms. The summed E-state index contributed by atoms with van der Waals surface area (Å²) >= 11 is 0. The monoisotopic (exact) mass is 266 g/mol. The predicted molar refractivity (Wildman–Crippen MR) is 62.5 cm³/mol. The van der Waals surface area contributed by atoms with Gasteiger partial charge in [-0.1, -0.05) is 24.3 Å². The van der Waals surface area contributed by atoms with Gasteiger partial charge in [0.2, 0.25) is 0 Å². The molecule has 0 fully saturated rings. The van der Waals surface area contributed by atoms with E-state index in [1.807, 2.05) is 0 Å². The van der Waals surface area contributed by atoms with Crippen molar-refractivity contribution >= 4 is 5.78 Å². The normalized spacial score (nSPS) is 11.4. The zero-order chi connectivity index (χ0) is 14.0. The van der Waals surface area contributed by atoms with E-state index in [1.54, 1.807) is 24.3 Å². The van der Waals surface area contributed by atoms with Crippen molar-refractivity contribution in [3.05, 3.63) is 47.8 Å². The maximum atomic E-state index is 12.4. The molecule has 1 aromatic carbocycles. The molecule has 0 aliphatic rings. The summed E-state index contributed by atoms with van der Waals surface area (Å²) in [5.74, 6) is -0.0992. The molecule has 0 saturated carbocycles. The summed E-state index contributed by atoms with van der Waals surface area (Å²) in [7, 11) is 0. The minimum Gasteiger partial charge on any atom is -0.294 e. The summed E-state index contributed by atoms with van der Waals surface area (Å²) in [5.41, 5.74) is -0.123. The number of alkyl halides is 3. The molecule has 1 aromatic heterocycles. The Morgan fingerprint density at radius 1 is 1.11 bits per heavy atom. The number of ketones is 1. The molecule has 0 spiro atoms. The molecule has 0 radical (unpaired) electrons. The van der Waals surface area contributed by atoms with Crippen molar-refractivity contribution in [3.8, 4) is 11.4 Å². The highest BCUT2D eigenvalue weighted by atomic mass is 19.4. The van der Waals surface area contributed by atoms with Gasteiger partial charge in [0.05, 0.1) is 5.56 Å². The number of rotatable bonds is 2. The van der Waals surface area contributed by atoms with E-state index in [0.717, 1.165) is 0 Å². The van der Waals surface area contributed by atoms with Crippen LogP contribution >= 0.6 is 0 Å². The van der Waals surface area contributed by atoms with Gasteiger partial charge in [-0.3, -0.25) is 4.79 Å². The first-order chi connectivity index (χ1) is 8.89. The van der Waals surface area contributed by atoms with Crippen LogP contribution in [0.4, 0.5) is 13.2 Å². The van der Waals surface area contributed by atoms with E-state index >= 15 is 0 Å². The van der Waals surface area contributed by atoms with Gasteiger partial charge in [-0.15, -0.1) is 0 Å². The number of aromatic nitrogens is 2. The highest BCUT2D eigenvalue weighted by molar-refractivity contribution is 5.99. The van der Waals surface area contributed by atoms with Gasteiger partial charge in [0.25, 0.3) is 0 Å². The van der Waals surface area contributed by atoms with Crippen LogP contribution in [0.15, 0.2) is 36.7 Å². The molecule has 2 aromatic rings. The third-order valence-electron chi connectivity index (χ3n) is 2.53. The van der Waals surface area contributed by atoms with Crippen LogP contribution in [0.2, 0.25) is 0 Å². The number of carbonyl (C=O) groups is 1. The van der Waals surface area contributed by atoms with E-state index in [-0.39, 0.29) is 11.6 Å². The average molecular weight is 266 g/mol. The fourth-order valence-corrected chi connectivity index (χ4v) is 1.60. The van der Waals surface area contributed by atoms with Crippen LogP contribution in [0, 0.1) is 0 Å². The molecule has 0 saturated heterocycles. The van der Waals surface area contributed by atoms with Crippen LogP contribution in [0.25, 0.3) is 11.4 Å². The number of Topliss-reactive ketones (excluding diaryl/α,β-unsaturated/α-hetero) is 1. The van der Waals surface area contributed by atoms with Gasteiger partial charge in [-0.2, -0.15) is 13.2 Å². The SMILES string of the molecule is CC(=O)c1ccccc1-c1ncc(C(F)(F)F)cn1. The summed E-state index contributed by atoms with van der Waals surface area (Å²) in [4.78, 5) is 18.8. The summed E-state index contributed by atoms with van der Waals surface area (Å²) in [6, 6.07) is 6.52. The Bertz CT molecular complexity index is 606. The zero-order valence-electron chi connectivity index (χ0n) is 9.90. The van der Waals surface area contributed by atoms with E-state index in [9.17, 15) is 18.0 Å². The lowest BCUT2D eigenvalue weighted by Gasteiger charge is -2.08. The lowest BCUT2D eigenvalue weighted by Crippen LogP contribution is -2.07. The number of hydrogen-bond donors (Lipinski definition) is 0. The molecule has 0 unspecified atom stereocenters. The van der Waals surface area contributed by atoms with E-state index in [1.165, 1.54) is 6.92 Å². The third-order valence-corrected chi connectivity index (χ3v) is 2.53. The maximum absolute atomic E-state index is 12.4. The van der Waals surface area contributed by atoms with E-state index < -0.39 is 11.7 Å². The maximum Gasteiger partial charge on any atom is 0.419 e. The van der Waals surface area contributed by atoms with Crippen LogP contribution in [-0.4, -0.2) is 15.8 Å². The minimum atomic E-state index is -4.47. The first-order valence-electron chi connectivity index (χ1n) is 5.39. The van der Waals surface area contributed by atoms with Crippen LogP contribution < -0.4 is 0 Å². The highest BCUT2D eigenvalue weighted by Gasteiger charge is 2.31. The second-order valence-corrected chi connectivity index (χ2v) is 3.89. The molecule has 0 N–H and O–H groups in total. The van der Waals surface area contributed by atoms with Gasteiger partial charge in [0.1, 0.15) is 0 Å². The van der Waals surface area contributed by atoms with Gasteiger partial charge in [-0.25, -0.2) is 9.97 Å². The Labute approximate surface area is 107 Å². The molecule has 6 heteroatoms. The second-order valence-electron chi connectivity index (χ2n) is 3.89. The van der Waals surface area contributed by atoms with Gasteiger partial charge in [0, 0.05) is 23.5 Å². The number of benzene rings is 1.